The van der Waals surface area contributed by atoms with Crippen molar-refractivity contribution in [1.29, 1.82) is 0 Å². The lowest BCUT2D eigenvalue weighted by molar-refractivity contribution is -0.133. The van der Waals surface area contributed by atoms with Gasteiger partial charge in [-0.25, -0.2) is 0 Å². The highest BCUT2D eigenvalue weighted by atomic mass is 16.3. The summed E-state index contributed by atoms with van der Waals surface area (Å²) in [5.41, 5.74) is 1.07. The summed E-state index contributed by atoms with van der Waals surface area (Å²) in [5, 5.41) is 20.2. The van der Waals surface area contributed by atoms with E-state index in [0.717, 1.165) is 11.1 Å². The topological polar surface area (TPSA) is 74.6 Å². The number of carbonyl (C=O) groups is 2. The second-order valence-corrected chi connectivity index (χ2v) is 7.08. The van der Waals surface area contributed by atoms with Crippen LogP contribution in [0.25, 0.3) is 11.1 Å². The van der Waals surface area contributed by atoms with E-state index in [2.05, 4.69) is 0 Å². The molecule has 2 aromatic carbocycles. The maximum atomic E-state index is 12.2. The number of phenols is 1. The number of hydrogen-bond acceptors (Lipinski definition) is 4. The first-order valence-corrected chi connectivity index (χ1v) is 8.32. The summed E-state index contributed by atoms with van der Waals surface area (Å²) >= 11 is 0. The molecule has 0 aliphatic carbocycles. The van der Waals surface area contributed by atoms with Crippen molar-refractivity contribution in [1.82, 2.24) is 0 Å². The van der Waals surface area contributed by atoms with Gasteiger partial charge in [0.15, 0.2) is 11.6 Å². The van der Waals surface area contributed by atoms with Crippen molar-refractivity contribution in [3.63, 3.8) is 0 Å². The minimum Gasteiger partial charge on any atom is -0.507 e. The van der Waals surface area contributed by atoms with E-state index in [0.29, 0.717) is 11.1 Å². The molecule has 0 spiro atoms. The molecule has 0 aliphatic heterocycles. The first-order valence-electron chi connectivity index (χ1n) is 8.32. The smallest absolute Gasteiger partial charge is 0.169 e. The van der Waals surface area contributed by atoms with Crippen LogP contribution in [0, 0.1) is 5.92 Å². The number of para-hydroxylation sites is 1. The fourth-order valence-electron chi connectivity index (χ4n) is 2.49. The molecule has 0 unspecified atom stereocenters. The molecule has 2 aromatic rings. The lowest BCUT2D eigenvalue weighted by atomic mass is 9.93. The number of phenolic OH excluding ortho intramolecular Hbond substituents is 1. The Morgan fingerprint density at radius 2 is 1.64 bits per heavy atom. The molecule has 0 amide bonds. The molecule has 0 fully saturated rings. The molecule has 0 aliphatic rings. The Balaban J connectivity index is 2.30. The van der Waals surface area contributed by atoms with Gasteiger partial charge < -0.3 is 10.2 Å². The van der Waals surface area contributed by atoms with E-state index in [4.69, 9.17) is 0 Å². The molecule has 4 nitrogen and oxygen atoms in total. The van der Waals surface area contributed by atoms with Gasteiger partial charge in [-0.2, -0.15) is 0 Å². The van der Waals surface area contributed by atoms with Crippen molar-refractivity contribution in [2.75, 3.05) is 0 Å². The number of rotatable bonds is 6. The summed E-state index contributed by atoms with van der Waals surface area (Å²) in [5.74, 6) is -0.586. The molecule has 0 heterocycles. The second-order valence-electron chi connectivity index (χ2n) is 7.08. The number of hydrogen-bond donors (Lipinski definition) is 2. The zero-order chi connectivity index (χ0) is 18.8. The molecule has 25 heavy (non-hydrogen) atoms. The Morgan fingerprint density at radius 1 is 1.04 bits per heavy atom. The number of Topliss-reactive ketones (excluding diaryl/α,β-unsaturated/α-hetero) is 2. The fourth-order valence-corrected chi connectivity index (χ4v) is 2.49. The van der Waals surface area contributed by atoms with Crippen molar-refractivity contribution in [3.8, 4) is 16.9 Å². The van der Waals surface area contributed by atoms with Crippen LogP contribution in [0.4, 0.5) is 0 Å². The Hall–Kier alpha value is -2.46. The van der Waals surface area contributed by atoms with E-state index < -0.39 is 5.60 Å². The van der Waals surface area contributed by atoms with Crippen molar-refractivity contribution in [2.24, 2.45) is 5.92 Å². The van der Waals surface area contributed by atoms with Gasteiger partial charge in [-0.1, -0.05) is 50.2 Å². The largest absolute Gasteiger partial charge is 0.507 e. The zero-order valence-electron chi connectivity index (χ0n) is 15.0. The number of aliphatic hydroxyl groups is 1. The van der Waals surface area contributed by atoms with Crippen LogP contribution >= 0.6 is 0 Å². The van der Waals surface area contributed by atoms with Crippen molar-refractivity contribution in [2.45, 2.75) is 39.7 Å². The third-order valence-electron chi connectivity index (χ3n) is 4.14. The molecule has 0 saturated carbocycles. The van der Waals surface area contributed by atoms with Crippen LogP contribution in [0.5, 0.6) is 5.75 Å². The highest BCUT2D eigenvalue weighted by Crippen LogP contribution is 2.33. The van der Waals surface area contributed by atoms with Crippen LogP contribution in [0.15, 0.2) is 42.5 Å². The van der Waals surface area contributed by atoms with Gasteiger partial charge in [0, 0.05) is 17.9 Å². The molecule has 0 atom stereocenters. The van der Waals surface area contributed by atoms with Crippen LogP contribution in [-0.2, 0) is 11.2 Å². The summed E-state index contributed by atoms with van der Waals surface area (Å²) < 4.78 is 0. The summed E-state index contributed by atoms with van der Waals surface area (Å²) in [6.07, 6.45) is 0.141. The molecule has 0 bridgehead atoms. The summed E-state index contributed by atoms with van der Waals surface area (Å²) in [7, 11) is 0. The standard InChI is InChI=1S/C21H24O4/c1-13(2)19(23)17-7-5-6-16(20(17)24)15-10-8-14(9-11-15)12-18(22)21(3,4)25/h5-11,13,24-25H,12H2,1-4H3. The SMILES string of the molecule is CC(C)C(=O)c1cccc(-c2ccc(CC(=O)C(C)(C)O)cc2)c1O. The Kier molecular flexibility index (Phi) is 5.43. The first-order chi connectivity index (χ1) is 11.6. The number of aromatic hydroxyl groups is 1. The lowest BCUT2D eigenvalue weighted by Gasteiger charge is -2.15. The summed E-state index contributed by atoms with van der Waals surface area (Å²) in [6.45, 7) is 6.53. The third kappa shape index (κ3) is 4.34. The molecular formula is C21H24O4. The van der Waals surface area contributed by atoms with Gasteiger partial charge in [-0.3, -0.25) is 9.59 Å². The highest BCUT2D eigenvalue weighted by Gasteiger charge is 2.23. The third-order valence-corrected chi connectivity index (χ3v) is 4.14. The zero-order valence-corrected chi connectivity index (χ0v) is 15.0. The van der Waals surface area contributed by atoms with E-state index in [1.54, 1.807) is 56.3 Å². The predicted octanol–water partition coefficient (Wildman–Crippen LogP) is 3.78. The van der Waals surface area contributed by atoms with Gasteiger partial charge in [0.05, 0.1) is 5.56 Å². The maximum Gasteiger partial charge on any atom is 0.169 e. The van der Waals surface area contributed by atoms with Crippen molar-refractivity contribution in [3.05, 3.63) is 53.6 Å². The normalized spacial score (nSPS) is 11.6. The highest BCUT2D eigenvalue weighted by molar-refractivity contribution is 6.01. The molecule has 2 rings (SSSR count). The fraction of sp³-hybridized carbons (Fsp3) is 0.333. The van der Waals surface area contributed by atoms with Gasteiger partial charge in [0.1, 0.15) is 11.4 Å². The average molecular weight is 340 g/mol. The second kappa shape index (κ2) is 7.19. The van der Waals surface area contributed by atoms with Crippen LogP contribution < -0.4 is 0 Å². The van der Waals surface area contributed by atoms with Crippen LogP contribution in [0.2, 0.25) is 0 Å². The molecule has 0 saturated heterocycles. The molecule has 132 valence electrons. The van der Waals surface area contributed by atoms with E-state index in [9.17, 15) is 19.8 Å². The van der Waals surface area contributed by atoms with E-state index >= 15 is 0 Å². The summed E-state index contributed by atoms with van der Waals surface area (Å²) in [6, 6.07) is 12.3. The molecule has 4 heteroatoms. The quantitative estimate of drug-likeness (QED) is 0.785. The number of ketones is 2. The van der Waals surface area contributed by atoms with E-state index in [1.807, 2.05) is 0 Å². The minimum absolute atomic E-state index is 0.0264. The average Bonchev–Trinajstić information content (AvgIpc) is 2.54. The minimum atomic E-state index is -1.36. The molecule has 0 aromatic heterocycles. The Bertz CT molecular complexity index is 781. The van der Waals surface area contributed by atoms with E-state index in [-0.39, 0.29) is 29.7 Å². The van der Waals surface area contributed by atoms with Crippen LogP contribution in [0.1, 0.15) is 43.6 Å². The van der Waals surface area contributed by atoms with Crippen LogP contribution in [0.3, 0.4) is 0 Å². The van der Waals surface area contributed by atoms with Gasteiger partial charge >= 0.3 is 0 Å². The predicted molar refractivity (Wildman–Crippen MR) is 97.7 cm³/mol. The van der Waals surface area contributed by atoms with Crippen molar-refractivity contribution < 1.29 is 19.8 Å². The maximum absolute atomic E-state index is 12.2. The molecule has 0 radical (unpaired) electrons. The Labute approximate surface area is 148 Å². The van der Waals surface area contributed by atoms with Gasteiger partial charge in [-0.05, 0) is 31.0 Å². The van der Waals surface area contributed by atoms with E-state index in [1.165, 1.54) is 13.8 Å². The Morgan fingerprint density at radius 3 is 2.16 bits per heavy atom. The van der Waals surface area contributed by atoms with Gasteiger partial charge in [0.25, 0.3) is 0 Å². The van der Waals surface area contributed by atoms with Gasteiger partial charge in [-0.15, -0.1) is 0 Å². The van der Waals surface area contributed by atoms with Crippen LogP contribution in [-0.4, -0.2) is 27.4 Å². The van der Waals surface area contributed by atoms with Gasteiger partial charge in [0.2, 0.25) is 0 Å². The summed E-state index contributed by atoms with van der Waals surface area (Å²) in [4.78, 5) is 24.1. The van der Waals surface area contributed by atoms with Crippen molar-refractivity contribution >= 4 is 11.6 Å². The lowest BCUT2D eigenvalue weighted by Crippen LogP contribution is -2.32. The molecular weight excluding hydrogens is 316 g/mol. The first kappa shape index (κ1) is 18.9. The number of benzene rings is 2. The monoisotopic (exact) mass is 340 g/mol. The number of carbonyl (C=O) groups excluding carboxylic acids is 2. The molecule has 2 N–H and O–H groups in total.